The number of nitrogens with two attached hydrogens (primary N) is 1. The summed E-state index contributed by atoms with van der Waals surface area (Å²) in [5.74, 6) is 0.414. The summed E-state index contributed by atoms with van der Waals surface area (Å²) in [4.78, 5) is 12.1. The normalized spacial score (nSPS) is 23.1. The lowest BCUT2D eigenvalue weighted by molar-refractivity contribution is -0.117. The van der Waals surface area contributed by atoms with Crippen LogP contribution in [0.1, 0.15) is 37.7 Å². The summed E-state index contributed by atoms with van der Waals surface area (Å²) in [6, 6.07) is 6.06. The molecule has 1 aromatic carbocycles. The number of benzene rings is 1. The number of rotatable bonds is 3. The van der Waals surface area contributed by atoms with Crippen LogP contribution in [0.25, 0.3) is 0 Å². The fourth-order valence-electron chi connectivity index (χ4n) is 2.70. The number of hydrogen-bond acceptors (Lipinski definition) is 2. The second-order valence-corrected chi connectivity index (χ2v) is 6.34. The zero-order valence-electron chi connectivity index (χ0n) is 11.3. The van der Waals surface area contributed by atoms with Crippen LogP contribution in [0.3, 0.4) is 0 Å². The smallest absolute Gasteiger partial charge is 0.224 e. The van der Waals surface area contributed by atoms with Crippen molar-refractivity contribution in [1.29, 1.82) is 0 Å². The number of carbonyl (C=O) groups is 1. The van der Waals surface area contributed by atoms with Crippen LogP contribution in [0.2, 0.25) is 0 Å². The van der Waals surface area contributed by atoms with Gasteiger partial charge in [0.15, 0.2) is 0 Å². The van der Waals surface area contributed by atoms with Crippen molar-refractivity contribution in [2.75, 3.05) is 5.32 Å². The lowest BCUT2D eigenvalue weighted by atomic mass is 9.83. The molecular weight excluding hydrogens is 304 g/mol. The molecule has 1 aliphatic carbocycles. The lowest BCUT2D eigenvalue weighted by Gasteiger charge is -2.28. The first-order valence-electron chi connectivity index (χ1n) is 6.88. The Hall–Kier alpha value is -0.870. The Morgan fingerprint density at radius 1 is 1.42 bits per heavy atom. The number of anilines is 1. The second-order valence-electron chi connectivity index (χ2n) is 5.42. The first kappa shape index (κ1) is 14.5. The molecule has 104 valence electrons. The van der Waals surface area contributed by atoms with E-state index in [2.05, 4.69) is 21.2 Å². The minimum absolute atomic E-state index is 0.0766. The van der Waals surface area contributed by atoms with Crippen LogP contribution in [0, 0.1) is 12.8 Å². The van der Waals surface area contributed by atoms with E-state index >= 15 is 0 Å². The van der Waals surface area contributed by atoms with Gasteiger partial charge in [-0.1, -0.05) is 28.8 Å². The summed E-state index contributed by atoms with van der Waals surface area (Å²) in [6.07, 6.45) is 5.06. The highest BCUT2D eigenvalue weighted by Crippen LogP contribution is 2.26. The molecule has 0 spiro atoms. The molecule has 3 N–H and O–H groups in total. The minimum atomic E-state index is 0.0766. The van der Waals surface area contributed by atoms with E-state index in [0.717, 1.165) is 28.6 Å². The zero-order valence-corrected chi connectivity index (χ0v) is 12.9. The maximum Gasteiger partial charge on any atom is 0.224 e. The van der Waals surface area contributed by atoms with E-state index in [-0.39, 0.29) is 11.9 Å². The summed E-state index contributed by atoms with van der Waals surface area (Å²) in [6.45, 7) is 1.99. The Bertz CT molecular complexity index is 461. The molecule has 0 heterocycles. The molecule has 1 aromatic rings. The van der Waals surface area contributed by atoms with E-state index in [1.165, 1.54) is 12.8 Å². The van der Waals surface area contributed by atoms with Gasteiger partial charge in [-0.2, -0.15) is 0 Å². The zero-order chi connectivity index (χ0) is 13.8. The van der Waals surface area contributed by atoms with E-state index in [9.17, 15) is 4.79 Å². The van der Waals surface area contributed by atoms with Gasteiger partial charge in [0.05, 0.1) is 0 Å². The molecule has 1 saturated carbocycles. The topological polar surface area (TPSA) is 55.1 Å². The molecule has 0 bridgehead atoms. The molecular formula is C15H21BrN2O. The molecule has 0 aliphatic heterocycles. The van der Waals surface area contributed by atoms with Gasteiger partial charge in [-0.3, -0.25) is 4.79 Å². The Balaban J connectivity index is 1.93. The van der Waals surface area contributed by atoms with Crippen LogP contribution in [0.15, 0.2) is 22.7 Å². The van der Waals surface area contributed by atoms with Crippen molar-refractivity contribution in [3.63, 3.8) is 0 Å². The molecule has 1 aliphatic rings. The van der Waals surface area contributed by atoms with Gasteiger partial charge in [-0.05, 0) is 49.4 Å². The molecule has 0 radical (unpaired) electrons. The van der Waals surface area contributed by atoms with Crippen molar-refractivity contribution in [1.82, 2.24) is 0 Å². The van der Waals surface area contributed by atoms with Crippen molar-refractivity contribution in [2.45, 2.75) is 45.1 Å². The largest absolute Gasteiger partial charge is 0.327 e. The maximum absolute atomic E-state index is 12.1. The SMILES string of the molecule is Cc1cc(Br)ccc1NC(=O)CC1CCCCC1N. The maximum atomic E-state index is 12.1. The second kappa shape index (κ2) is 6.53. The van der Waals surface area contributed by atoms with E-state index in [4.69, 9.17) is 5.73 Å². The summed E-state index contributed by atoms with van der Waals surface area (Å²) in [7, 11) is 0. The average Bonchev–Trinajstić information content (AvgIpc) is 2.36. The van der Waals surface area contributed by atoms with Gasteiger partial charge < -0.3 is 11.1 Å². The summed E-state index contributed by atoms with van der Waals surface area (Å²) in [5, 5.41) is 2.99. The third-order valence-electron chi connectivity index (χ3n) is 3.88. The van der Waals surface area contributed by atoms with Gasteiger partial charge in [-0.25, -0.2) is 0 Å². The molecule has 1 amide bonds. The van der Waals surface area contributed by atoms with Gasteiger partial charge in [0.2, 0.25) is 5.91 Å². The van der Waals surface area contributed by atoms with Crippen LogP contribution in [0.4, 0.5) is 5.69 Å². The van der Waals surface area contributed by atoms with Crippen LogP contribution in [-0.2, 0) is 4.79 Å². The van der Waals surface area contributed by atoms with Crippen LogP contribution in [0.5, 0.6) is 0 Å². The highest BCUT2D eigenvalue weighted by molar-refractivity contribution is 9.10. The quantitative estimate of drug-likeness (QED) is 0.892. The average molecular weight is 325 g/mol. The third-order valence-corrected chi connectivity index (χ3v) is 4.37. The minimum Gasteiger partial charge on any atom is -0.327 e. The van der Waals surface area contributed by atoms with Crippen molar-refractivity contribution < 1.29 is 4.79 Å². The monoisotopic (exact) mass is 324 g/mol. The number of amides is 1. The molecule has 2 unspecified atom stereocenters. The first-order chi connectivity index (χ1) is 9.06. The molecule has 0 saturated heterocycles. The van der Waals surface area contributed by atoms with Gasteiger partial charge in [0.25, 0.3) is 0 Å². The van der Waals surface area contributed by atoms with Crippen molar-refractivity contribution >= 4 is 27.5 Å². The summed E-state index contributed by atoms with van der Waals surface area (Å²) < 4.78 is 1.03. The molecule has 19 heavy (non-hydrogen) atoms. The number of aryl methyl sites for hydroxylation is 1. The number of carbonyl (C=O) groups excluding carboxylic acids is 1. The Morgan fingerprint density at radius 3 is 2.84 bits per heavy atom. The van der Waals surface area contributed by atoms with Gasteiger partial charge >= 0.3 is 0 Å². The van der Waals surface area contributed by atoms with E-state index in [0.29, 0.717) is 12.3 Å². The summed E-state index contributed by atoms with van der Waals surface area (Å²) >= 11 is 3.42. The molecule has 0 aromatic heterocycles. The third kappa shape index (κ3) is 4.05. The molecule has 3 nitrogen and oxygen atoms in total. The fourth-order valence-corrected chi connectivity index (χ4v) is 3.17. The predicted molar refractivity (Wildman–Crippen MR) is 82.1 cm³/mol. The Labute approximate surface area is 123 Å². The van der Waals surface area contributed by atoms with Crippen LogP contribution in [-0.4, -0.2) is 11.9 Å². The molecule has 2 rings (SSSR count). The fraction of sp³-hybridized carbons (Fsp3) is 0.533. The lowest BCUT2D eigenvalue weighted by Crippen LogP contribution is -2.35. The van der Waals surface area contributed by atoms with Gasteiger partial charge in [-0.15, -0.1) is 0 Å². The number of halogens is 1. The van der Waals surface area contributed by atoms with Crippen LogP contribution < -0.4 is 11.1 Å². The van der Waals surface area contributed by atoms with E-state index in [1.54, 1.807) is 0 Å². The molecule has 4 heteroatoms. The highest BCUT2D eigenvalue weighted by Gasteiger charge is 2.24. The summed E-state index contributed by atoms with van der Waals surface area (Å²) in [5.41, 5.74) is 8.04. The molecule has 1 fully saturated rings. The van der Waals surface area contributed by atoms with Crippen molar-refractivity contribution in [3.05, 3.63) is 28.2 Å². The first-order valence-corrected chi connectivity index (χ1v) is 7.67. The Morgan fingerprint density at radius 2 is 2.16 bits per heavy atom. The number of nitrogens with one attached hydrogen (secondary N) is 1. The van der Waals surface area contributed by atoms with Crippen molar-refractivity contribution in [2.24, 2.45) is 11.7 Å². The van der Waals surface area contributed by atoms with Gasteiger partial charge in [0, 0.05) is 22.6 Å². The van der Waals surface area contributed by atoms with Crippen LogP contribution >= 0.6 is 15.9 Å². The van der Waals surface area contributed by atoms with E-state index in [1.807, 2.05) is 25.1 Å². The number of hydrogen-bond donors (Lipinski definition) is 2. The Kier molecular flexibility index (Phi) is 4.99. The van der Waals surface area contributed by atoms with E-state index < -0.39 is 0 Å². The predicted octanol–water partition coefficient (Wildman–Crippen LogP) is 3.60. The highest BCUT2D eigenvalue weighted by atomic mass is 79.9. The van der Waals surface area contributed by atoms with Gasteiger partial charge in [0.1, 0.15) is 0 Å². The van der Waals surface area contributed by atoms with Crippen molar-refractivity contribution in [3.8, 4) is 0 Å². The standard InChI is InChI=1S/C15H21BrN2O/c1-10-8-12(16)6-7-14(10)18-15(19)9-11-4-2-3-5-13(11)17/h6-8,11,13H,2-5,9,17H2,1H3,(H,18,19). The molecule has 2 atom stereocenters.